The largest absolute Gasteiger partial charge is 0.486 e. The summed E-state index contributed by atoms with van der Waals surface area (Å²) in [6.45, 7) is 0.528. The third-order valence-electron chi connectivity index (χ3n) is 2.22. The van der Waals surface area contributed by atoms with Crippen LogP contribution in [0.15, 0.2) is 34.9 Å². The Kier molecular flexibility index (Phi) is 3.39. The van der Waals surface area contributed by atoms with E-state index in [2.05, 4.69) is 0 Å². The molecule has 0 spiro atoms. The van der Waals surface area contributed by atoms with Gasteiger partial charge in [-0.3, -0.25) is 0 Å². The molecule has 0 aliphatic rings. The van der Waals surface area contributed by atoms with E-state index in [4.69, 9.17) is 14.9 Å². The maximum Gasteiger partial charge on any atom is 0.162 e. The van der Waals surface area contributed by atoms with Gasteiger partial charge in [-0.15, -0.1) is 0 Å². The lowest BCUT2D eigenvalue weighted by Gasteiger charge is -2.04. The van der Waals surface area contributed by atoms with Gasteiger partial charge in [0.1, 0.15) is 18.1 Å². The van der Waals surface area contributed by atoms with Gasteiger partial charge in [-0.05, 0) is 18.2 Å². The fourth-order valence-electron chi connectivity index (χ4n) is 1.33. The van der Waals surface area contributed by atoms with E-state index in [0.717, 1.165) is 17.7 Å². The maximum absolute atomic E-state index is 12.9. The second-order valence-corrected chi connectivity index (χ2v) is 3.49. The zero-order valence-electron chi connectivity index (χ0n) is 8.95. The summed E-state index contributed by atoms with van der Waals surface area (Å²) in [4.78, 5) is 0. The van der Waals surface area contributed by atoms with Crippen LogP contribution in [0, 0.1) is 11.6 Å². The Labute approximate surface area is 96.8 Å². The monoisotopic (exact) mass is 239 g/mol. The van der Waals surface area contributed by atoms with Crippen LogP contribution in [0.25, 0.3) is 0 Å². The highest BCUT2D eigenvalue weighted by atomic mass is 19.2. The first-order valence-corrected chi connectivity index (χ1v) is 5.03. The Balaban J connectivity index is 1.99. The molecule has 2 rings (SSSR count). The molecule has 0 saturated carbocycles. The third kappa shape index (κ3) is 2.82. The molecule has 2 N–H and O–H groups in total. The summed E-state index contributed by atoms with van der Waals surface area (Å²) in [7, 11) is 0. The van der Waals surface area contributed by atoms with E-state index in [1.165, 1.54) is 12.3 Å². The highest BCUT2D eigenvalue weighted by Gasteiger charge is 2.05. The van der Waals surface area contributed by atoms with E-state index in [-0.39, 0.29) is 12.4 Å². The smallest absolute Gasteiger partial charge is 0.162 e. The van der Waals surface area contributed by atoms with E-state index in [0.29, 0.717) is 12.3 Å². The predicted molar refractivity (Wildman–Crippen MR) is 57.3 cm³/mol. The fraction of sp³-hybridized carbons (Fsp3) is 0.167. The van der Waals surface area contributed by atoms with Crippen molar-refractivity contribution in [2.24, 2.45) is 5.73 Å². The lowest BCUT2D eigenvalue weighted by atomic mass is 10.3. The molecule has 0 radical (unpaired) electrons. The van der Waals surface area contributed by atoms with Crippen molar-refractivity contribution in [2.75, 3.05) is 0 Å². The van der Waals surface area contributed by atoms with Crippen molar-refractivity contribution >= 4 is 0 Å². The van der Waals surface area contributed by atoms with Gasteiger partial charge in [0.05, 0.1) is 6.26 Å². The predicted octanol–water partition coefficient (Wildman–Crippen LogP) is 2.60. The Bertz CT molecular complexity index is 511. The van der Waals surface area contributed by atoms with Crippen LogP contribution in [0.1, 0.15) is 11.3 Å². The fourth-order valence-corrected chi connectivity index (χ4v) is 1.33. The average Bonchev–Trinajstić information content (AvgIpc) is 2.79. The van der Waals surface area contributed by atoms with E-state index < -0.39 is 11.6 Å². The molecule has 0 aliphatic heterocycles. The van der Waals surface area contributed by atoms with Gasteiger partial charge in [0, 0.05) is 18.2 Å². The minimum absolute atomic E-state index is 0.144. The Morgan fingerprint density at radius 3 is 2.65 bits per heavy atom. The summed E-state index contributed by atoms with van der Waals surface area (Å²) < 4.78 is 35.9. The third-order valence-corrected chi connectivity index (χ3v) is 2.22. The van der Waals surface area contributed by atoms with Gasteiger partial charge < -0.3 is 14.9 Å². The Morgan fingerprint density at radius 2 is 2.00 bits per heavy atom. The molecule has 0 unspecified atom stereocenters. The lowest BCUT2D eigenvalue weighted by molar-refractivity contribution is 0.268. The molecule has 2 aromatic rings. The number of ether oxygens (including phenoxy) is 1. The second-order valence-electron chi connectivity index (χ2n) is 3.49. The van der Waals surface area contributed by atoms with Crippen LogP contribution in [-0.4, -0.2) is 0 Å². The molecule has 0 saturated heterocycles. The molecule has 0 atom stereocenters. The molecule has 90 valence electrons. The van der Waals surface area contributed by atoms with E-state index in [1.807, 2.05) is 0 Å². The van der Waals surface area contributed by atoms with Crippen LogP contribution in [0.2, 0.25) is 0 Å². The molecule has 0 fully saturated rings. The normalized spacial score (nSPS) is 10.5. The summed E-state index contributed by atoms with van der Waals surface area (Å²) in [6.07, 6.45) is 1.53. The van der Waals surface area contributed by atoms with Crippen molar-refractivity contribution in [1.82, 2.24) is 0 Å². The highest BCUT2D eigenvalue weighted by Crippen LogP contribution is 2.17. The molecule has 1 aromatic heterocycles. The SMILES string of the molecule is NCc1coc(COc2ccc(F)c(F)c2)c1. The van der Waals surface area contributed by atoms with Crippen LogP contribution < -0.4 is 10.5 Å². The summed E-state index contributed by atoms with van der Waals surface area (Å²) in [5.74, 6) is -1.02. The minimum Gasteiger partial charge on any atom is -0.486 e. The first kappa shape index (κ1) is 11.6. The maximum atomic E-state index is 12.9. The van der Waals surface area contributed by atoms with Gasteiger partial charge in [0.2, 0.25) is 0 Å². The van der Waals surface area contributed by atoms with Crippen molar-refractivity contribution in [3.63, 3.8) is 0 Å². The second kappa shape index (κ2) is 4.97. The quantitative estimate of drug-likeness (QED) is 0.892. The lowest BCUT2D eigenvalue weighted by Crippen LogP contribution is -1.96. The van der Waals surface area contributed by atoms with Gasteiger partial charge in [-0.2, -0.15) is 0 Å². The topological polar surface area (TPSA) is 48.4 Å². The standard InChI is InChI=1S/C12H11F2NO2/c13-11-2-1-9(4-12(11)14)17-7-10-3-8(5-15)6-16-10/h1-4,6H,5,7,15H2. The number of rotatable bonds is 4. The average molecular weight is 239 g/mol. The van der Waals surface area contributed by atoms with Crippen LogP contribution in [0.4, 0.5) is 8.78 Å². The minimum atomic E-state index is -0.940. The molecule has 17 heavy (non-hydrogen) atoms. The van der Waals surface area contributed by atoms with E-state index in [9.17, 15) is 8.78 Å². The molecule has 0 aliphatic carbocycles. The van der Waals surface area contributed by atoms with Gasteiger partial charge in [-0.25, -0.2) is 8.78 Å². The molecule has 3 nitrogen and oxygen atoms in total. The zero-order valence-corrected chi connectivity index (χ0v) is 8.95. The summed E-state index contributed by atoms with van der Waals surface area (Å²) >= 11 is 0. The molecule has 0 bridgehead atoms. The summed E-state index contributed by atoms with van der Waals surface area (Å²) in [6, 6.07) is 5.10. The number of benzene rings is 1. The van der Waals surface area contributed by atoms with Gasteiger partial charge in [0.25, 0.3) is 0 Å². The molecular formula is C12H11F2NO2. The number of hydrogen-bond acceptors (Lipinski definition) is 3. The van der Waals surface area contributed by atoms with Crippen LogP contribution in [0.5, 0.6) is 5.75 Å². The van der Waals surface area contributed by atoms with Crippen LogP contribution >= 0.6 is 0 Å². The van der Waals surface area contributed by atoms with Crippen LogP contribution in [0.3, 0.4) is 0 Å². The van der Waals surface area contributed by atoms with E-state index in [1.54, 1.807) is 6.07 Å². The van der Waals surface area contributed by atoms with Crippen molar-refractivity contribution < 1.29 is 17.9 Å². The van der Waals surface area contributed by atoms with Gasteiger partial charge in [0.15, 0.2) is 11.6 Å². The summed E-state index contributed by atoms with van der Waals surface area (Å²) in [5.41, 5.74) is 6.27. The molecule has 5 heteroatoms. The Hall–Kier alpha value is -1.88. The Morgan fingerprint density at radius 1 is 1.18 bits per heavy atom. The zero-order chi connectivity index (χ0) is 12.3. The first-order valence-electron chi connectivity index (χ1n) is 5.03. The molecule has 1 aromatic carbocycles. The highest BCUT2D eigenvalue weighted by molar-refractivity contribution is 5.24. The van der Waals surface area contributed by atoms with Crippen molar-refractivity contribution in [3.05, 3.63) is 53.5 Å². The first-order chi connectivity index (χ1) is 8.19. The van der Waals surface area contributed by atoms with Gasteiger partial charge in [-0.1, -0.05) is 0 Å². The number of nitrogens with two attached hydrogens (primary N) is 1. The molecular weight excluding hydrogens is 228 g/mol. The van der Waals surface area contributed by atoms with E-state index >= 15 is 0 Å². The summed E-state index contributed by atoms with van der Waals surface area (Å²) in [5, 5.41) is 0. The number of hydrogen-bond donors (Lipinski definition) is 1. The number of furan rings is 1. The van der Waals surface area contributed by atoms with Crippen molar-refractivity contribution in [3.8, 4) is 5.75 Å². The van der Waals surface area contributed by atoms with Crippen LogP contribution in [-0.2, 0) is 13.2 Å². The molecule has 1 heterocycles. The number of halogens is 2. The van der Waals surface area contributed by atoms with Crippen molar-refractivity contribution in [1.29, 1.82) is 0 Å². The van der Waals surface area contributed by atoms with Crippen molar-refractivity contribution in [2.45, 2.75) is 13.2 Å². The van der Waals surface area contributed by atoms with Gasteiger partial charge >= 0.3 is 0 Å². The molecule has 0 amide bonds.